The molecule has 2 saturated heterocycles. The van der Waals surface area contributed by atoms with Crippen molar-refractivity contribution < 1.29 is 14.3 Å². The van der Waals surface area contributed by atoms with Gasteiger partial charge in [-0.15, -0.1) is 0 Å². The van der Waals surface area contributed by atoms with Crippen molar-refractivity contribution in [1.82, 2.24) is 10.6 Å². The van der Waals surface area contributed by atoms with Crippen LogP contribution in [-0.4, -0.2) is 36.1 Å². The molecular formula is C10H16N2O3. The smallest absolute Gasteiger partial charge is 0.217 e. The molecule has 0 radical (unpaired) electrons. The van der Waals surface area contributed by atoms with Gasteiger partial charge in [0.25, 0.3) is 0 Å². The molecule has 5 heteroatoms. The highest BCUT2D eigenvalue weighted by Gasteiger charge is 2.49. The second kappa shape index (κ2) is 3.81. The van der Waals surface area contributed by atoms with Crippen LogP contribution in [0.25, 0.3) is 0 Å². The number of carbonyl (C=O) groups is 2. The van der Waals surface area contributed by atoms with Crippen molar-refractivity contribution in [2.24, 2.45) is 0 Å². The molecule has 0 aliphatic carbocycles. The van der Waals surface area contributed by atoms with E-state index in [0.717, 1.165) is 12.8 Å². The molecule has 2 aliphatic heterocycles. The topological polar surface area (TPSA) is 67.4 Å². The Bertz CT molecular complexity index is 264. The maximum absolute atomic E-state index is 11.0. The van der Waals surface area contributed by atoms with Crippen molar-refractivity contribution in [3.63, 3.8) is 0 Å². The summed E-state index contributed by atoms with van der Waals surface area (Å²) in [6.07, 6.45) is 2.06. The summed E-state index contributed by atoms with van der Waals surface area (Å²) in [5.74, 6) is -0.155. The van der Waals surface area contributed by atoms with E-state index in [0.29, 0.717) is 0 Å². The molecule has 0 aromatic carbocycles. The van der Waals surface area contributed by atoms with Gasteiger partial charge in [-0.3, -0.25) is 9.59 Å². The van der Waals surface area contributed by atoms with Crippen molar-refractivity contribution in [2.75, 3.05) is 0 Å². The highest BCUT2D eigenvalue weighted by Crippen LogP contribution is 2.34. The van der Waals surface area contributed by atoms with Crippen molar-refractivity contribution in [2.45, 2.75) is 51.0 Å². The molecule has 0 spiro atoms. The zero-order valence-corrected chi connectivity index (χ0v) is 8.95. The summed E-state index contributed by atoms with van der Waals surface area (Å²) < 4.78 is 5.67. The zero-order valence-electron chi connectivity index (χ0n) is 8.95. The van der Waals surface area contributed by atoms with Gasteiger partial charge >= 0.3 is 0 Å². The van der Waals surface area contributed by atoms with Crippen LogP contribution < -0.4 is 10.6 Å². The standard InChI is InChI=1S/C10H16N2O3/c1-5(13)11-9-7-3-4-8(15-7)10(9)12-6(2)14/h7-10H,3-4H2,1-2H3,(H,11,13)(H,12,14). The van der Waals surface area contributed by atoms with E-state index in [2.05, 4.69) is 10.6 Å². The second-order valence-electron chi connectivity index (χ2n) is 4.24. The molecule has 84 valence electrons. The first-order valence-electron chi connectivity index (χ1n) is 5.27. The van der Waals surface area contributed by atoms with Crippen LogP contribution in [0, 0.1) is 0 Å². The van der Waals surface area contributed by atoms with Gasteiger partial charge in [0.2, 0.25) is 11.8 Å². The summed E-state index contributed by atoms with van der Waals surface area (Å²) >= 11 is 0. The average Bonchev–Trinajstić information content (AvgIpc) is 2.67. The molecule has 0 aromatic rings. The molecule has 15 heavy (non-hydrogen) atoms. The highest BCUT2D eigenvalue weighted by atomic mass is 16.5. The molecule has 2 bridgehead atoms. The minimum absolute atomic E-state index is 0.0647. The third-order valence-electron chi connectivity index (χ3n) is 3.01. The number of fused-ring (bicyclic) bond motifs is 2. The van der Waals surface area contributed by atoms with Crippen LogP contribution in [-0.2, 0) is 14.3 Å². The van der Waals surface area contributed by atoms with Crippen molar-refractivity contribution in [1.29, 1.82) is 0 Å². The summed E-state index contributed by atoms with van der Waals surface area (Å²) in [5, 5.41) is 5.70. The number of nitrogens with one attached hydrogen (secondary N) is 2. The van der Waals surface area contributed by atoms with Crippen LogP contribution in [0.15, 0.2) is 0 Å². The van der Waals surface area contributed by atoms with E-state index >= 15 is 0 Å². The molecule has 2 N–H and O–H groups in total. The first-order valence-corrected chi connectivity index (χ1v) is 5.27. The Kier molecular flexibility index (Phi) is 2.65. The number of carbonyl (C=O) groups excluding carboxylic acids is 2. The highest BCUT2D eigenvalue weighted by molar-refractivity contribution is 5.75. The Morgan fingerprint density at radius 1 is 1.00 bits per heavy atom. The van der Waals surface area contributed by atoms with E-state index in [9.17, 15) is 9.59 Å². The van der Waals surface area contributed by atoms with E-state index < -0.39 is 0 Å². The Morgan fingerprint density at radius 3 is 1.73 bits per heavy atom. The van der Waals surface area contributed by atoms with Gasteiger partial charge in [0.05, 0.1) is 24.3 Å². The minimum atomic E-state index is -0.0773. The summed E-state index contributed by atoms with van der Waals surface area (Å²) in [6.45, 7) is 2.97. The molecule has 2 heterocycles. The van der Waals surface area contributed by atoms with Crippen molar-refractivity contribution >= 4 is 11.8 Å². The van der Waals surface area contributed by atoms with E-state index in [-0.39, 0.29) is 36.1 Å². The number of amides is 2. The Labute approximate surface area is 88.5 Å². The Hall–Kier alpha value is -1.10. The van der Waals surface area contributed by atoms with Crippen LogP contribution >= 0.6 is 0 Å². The number of ether oxygens (including phenoxy) is 1. The average molecular weight is 212 g/mol. The molecular weight excluding hydrogens is 196 g/mol. The Morgan fingerprint density at radius 2 is 1.40 bits per heavy atom. The van der Waals surface area contributed by atoms with Crippen LogP contribution in [0.4, 0.5) is 0 Å². The van der Waals surface area contributed by atoms with Gasteiger partial charge in [-0.25, -0.2) is 0 Å². The zero-order chi connectivity index (χ0) is 11.0. The van der Waals surface area contributed by atoms with E-state index in [1.165, 1.54) is 13.8 Å². The molecule has 0 aromatic heterocycles. The molecule has 5 nitrogen and oxygen atoms in total. The lowest BCUT2D eigenvalue weighted by molar-refractivity contribution is -0.122. The maximum atomic E-state index is 11.0. The third-order valence-corrected chi connectivity index (χ3v) is 3.01. The number of hydrogen-bond donors (Lipinski definition) is 2. The lowest BCUT2D eigenvalue weighted by Gasteiger charge is -2.28. The van der Waals surface area contributed by atoms with E-state index in [1.54, 1.807) is 0 Å². The van der Waals surface area contributed by atoms with Gasteiger partial charge in [0.15, 0.2) is 0 Å². The molecule has 2 amide bonds. The quantitative estimate of drug-likeness (QED) is 0.652. The lowest BCUT2D eigenvalue weighted by Crippen LogP contribution is -2.56. The van der Waals surface area contributed by atoms with Crippen molar-refractivity contribution in [3.05, 3.63) is 0 Å². The van der Waals surface area contributed by atoms with Gasteiger partial charge in [0.1, 0.15) is 0 Å². The second-order valence-corrected chi connectivity index (χ2v) is 4.24. The summed E-state index contributed by atoms with van der Waals surface area (Å²) in [5.41, 5.74) is 0. The summed E-state index contributed by atoms with van der Waals surface area (Å²) in [6, 6.07) is -0.129. The van der Waals surface area contributed by atoms with Crippen LogP contribution in [0.2, 0.25) is 0 Å². The van der Waals surface area contributed by atoms with E-state index in [1.807, 2.05) is 0 Å². The lowest BCUT2D eigenvalue weighted by atomic mass is 9.90. The molecule has 4 unspecified atom stereocenters. The first kappa shape index (κ1) is 10.4. The molecule has 2 aliphatic rings. The SMILES string of the molecule is CC(=O)NC1C2CCC(O2)C1NC(C)=O. The number of rotatable bonds is 2. The monoisotopic (exact) mass is 212 g/mol. The Balaban J connectivity index is 2.05. The maximum Gasteiger partial charge on any atom is 0.217 e. The van der Waals surface area contributed by atoms with Gasteiger partial charge in [-0.05, 0) is 12.8 Å². The normalized spacial score (nSPS) is 37.7. The van der Waals surface area contributed by atoms with Gasteiger partial charge in [-0.1, -0.05) is 0 Å². The van der Waals surface area contributed by atoms with Gasteiger partial charge in [-0.2, -0.15) is 0 Å². The molecule has 2 fully saturated rings. The van der Waals surface area contributed by atoms with Crippen LogP contribution in [0.5, 0.6) is 0 Å². The number of hydrogen-bond acceptors (Lipinski definition) is 3. The largest absolute Gasteiger partial charge is 0.371 e. The fraction of sp³-hybridized carbons (Fsp3) is 0.800. The third kappa shape index (κ3) is 1.97. The molecule has 4 atom stereocenters. The predicted octanol–water partition coefficient (Wildman–Crippen LogP) is -0.443. The minimum Gasteiger partial charge on any atom is -0.371 e. The fourth-order valence-electron chi connectivity index (χ4n) is 2.51. The van der Waals surface area contributed by atoms with Crippen LogP contribution in [0.1, 0.15) is 26.7 Å². The van der Waals surface area contributed by atoms with Crippen LogP contribution in [0.3, 0.4) is 0 Å². The molecule has 2 rings (SSSR count). The summed E-state index contributed by atoms with van der Waals surface area (Å²) in [4.78, 5) is 22.1. The van der Waals surface area contributed by atoms with E-state index in [4.69, 9.17) is 4.74 Å². The van der Waals surface area contributed by atoms with Gasteiger partial charge in [0, 0.05) is 13.8 Å². The van der Waals surface area contributed by atoms with Crippen molar-refractivity contribution in [3.8, 4) is 0 Å². The van der Waals surface area contributed by atoms with Gasteiger partial charge < -0.3 is 15.4 Å². The predicted molar refractivity (Wildman–Crippen MR) is 53.1 cm³/mol. The first-order chi connectivity index (χ1) is 7.08. The fourth-order valence-corrected chi connectivity index (χ4v) is 2.51. The summed E-state index contributed by atoms with van der Waals surface area (Å²) in [7, 11) is 0. The molecule has 0 saturated carbocycles.